The van der Waals surface area contributed by atoms with E-state index in [4.69, 9.17) is 5.73 Å². The minimum Gasteiger partial charge on any atom is -0.351 e. The first-order valence-corrected chi connectivity index (χ1v) is 5.25. The normalized spacial score (nSPS) is 25.4. The van der Waals surface area contributed by atoms with Crippen molar-refractivity contribution in [3.05, 3.63) is 0 Å². The Morgan fingerprint density at radius 1 is 1.57 bits per heavy atom. The molecular weight excluding hydrogens is 178 g/mol. The van der Waals surface area contributed by atoms with Crippen LogP contribution in [-0.2, 0) is 4.79 Å². The number of likely N-dealkylation sites (N-methyl/N-ethyl adjacent to an activating group) is 1. The Hall–Kier alpha value is -0.610. The molecule has 1 aliphatic heterocycles. The Balaban J connectivity index is 2.33. The van der Waals surface area contributed by atoms with Crippen LogP contribution in [0.2, 0.25) is 0 Å². The van der Waals surface area contributed by atoms with Crippen molar-refractivity contribution in [2.75, 3.05) is 20.1 Å². The summed E-state index contributed by atoms with van der Waals surface area (Å²) >= 11 is 0. The van der Waals surface area contributed by atoms with E-state index in [0.717, 1.165) is 19.5 Å². The predicted octanol–water partition coefficient (Wildman–Crippen LogP) is -0.210. The highest BCUT2D eigenvalue weighted by atomic mass is 16.2. The maximum Gasteiger partial charge on any atom is 0.237 e. The zero-order valence-corrected chi connectivity index (χ0v) is 9.29. The molecule has 0 spiro atoms. The molecule has 1 amide bonds. The number of nitrogens with zero attached hydrogens (tertiary/aromatic N) is 1. The summed E-state index contributed by atoms with van der Waals surface area (Å²) in [5.74, 6) is 0.189. The number of nitrogens with two attached hydrogens (primary N) is 1. The summed E-state index contributed by atoms with van der Waals surface area (Å²) in [5, 5.41) is 2.98. The molecule has 3 N–H and O–H groups in total. The molecule has 0 aliphatic carbocycles. The standard InChI is InChI=1S/C10H21N3O/c1-7(2)9(11)10(14)12-8-4-5-13(3)6-8/h7-9H,4-6,11H2,1-3H3,(H,12,14)/t8-,9?/m0/s1. The first-order chi connectivity index (χ1) is 6.50. The Morgan fingerprint density at radius 2 is 2.21 bits per heavy atom. The van der Waals surface area contributed by atoms with Crippen LogP contribution in [0, 0.1) is 5.92 Å². The molecule has 4 nitrogen and oxygen atoms in total. The minimum absolute atomic E-state index is 0.0136. The third-order valence-corrected chi connectivity index (χ3v) is 2.76. The monoisotopic (exact) mass is 199 g/mol. The molecule has 0 aromatic carbocycles. The molecule has 2 atom stereocenters. The lowest BCUT2D eigenvalue weighted by molar-refractivity contribution is -0.123. The summed E-state index contributed by atoms with van der Waals surface area (Å²) in [6.45, 7) is 5.93. The first-order valence-electron chi connectivity index (χ1n) is 5.25. The van der Waals surface area contributed by atoms with E-state index >= 15 is 0 Å². The van der Waals surface area contributed by atoms with E-state index in [9.17, 15) is 4.79 Å². The molecule has 0 aromatic rings. The highest BCUT2D eigenvalue weighted by molar-refractivity contribution is 5.82. The summed E-state index contributed by atoms with van der Waals surface area (Å²) in [7, 11) is 2.06. The third kappa shape index (κ3) is 2.96. The lowest BCUT2D eigenvalue weighted by Crippen LogP contribution is -2.48. The predicted molar refractivity (Wildman–Crippen MR) is 56.9 cm³/mol. The van der Waals surface area contributed by atoms with Crippen LogP contribution in [0.15, 0.2) is 0 Å². The number of hydrogen-bond acceptors (Lipinski definition) is 3. The fourth-order valence-corrected chi connectivity index (χ4v) is 1.65. The molecule has 1 unspecified atom stereocenters. The average molecular weight is 199 g/mol. The summed E-state index contributed by atoms with van der Waals surface area (Å²) in [6.07, 6.45) is 1.03. The molecule has 1 aliphatic rings. The fourth-order valence-electron chi connectivity index (χ4n) is 1.65. The van der Waals surface area contributed by atoms with Gasteiger partial charge in [0.15, 0.2) is 0 Å². The quantitative estimate of drug-likeness (QED) is 0.661. The van der Waals surface area contributed by atoms with Gasteiger partial charge in [-0.05, 0) is 25.9 Å². The van der Waals surface area contributed by atoms with Crippen LogP contribution in [0.25, 0.3) is 0 Å². The molecule has 0 radical (unpaired) electrons. The van der Waals surface area contributed by atoms with Crippen molar-refractivity contribution in [3.63, 3.8) is 0 Å². The van der Waals surface area contributed by atoms with E-state index in [1.54, 1.807) is 0 Å². The van der Waals surface area contributed by atoms with E-state index in [1.807, 2.05) is 13.8 Å². The molecule has 4 heteroatoms. The molecule has 82 valence electrons. The maximum atomic E-state index is 11.6. The summed E-state index contributed by atoms with van der Waals surface area (Å²) in [5.41, 5.74) is 5.75. The topological polar surface area (TPSA) is 58.4 Å². The number of carbonyl (C=O) groups excluding carboxylic acids is 1. The lowest BCUT2D eigenvalue weighted by Gasteiger charge is -2.19. The smallest absolute Gasteiger partial charge is 0.237 e. The van der Waals surface area contributed by atoms with Crippen LogP contribution in [0.1, 0.15) is 20.3 Å². The Labute approximate surface area is 85.8 Å². The molecule has 1 heterocycles. The van der Waals surface area contributed by atoms with Crippen LogP contribution < -0.4 is 11.1 Å². The van der Waals surface area contributed by atoms with Gasteiger partial charge >= 0.3 is 0 Å². The van der Waals surface area contributed by atoms with E-state index < -0.39 is 0 Å². The number of rotatable bonds is 3. The largest absolute Gasteiger partial charge is 0.351 e. The van der Waals surface area contributed by atoms with Gasteiger partial charge in [-0.1, -0.05) is 13.8 Å². The third-order valence-electron chi connectivity index (χ3n) is 2.76. The van der Waals surface area contributed by atoms with Crippen molar-refractivity contribution in [1.29, 1.82) is 0 Å². The maximum absolute atomic E-state index is 11.6. The zero-order valence-electron chi connectivity index (χ0n) is 9.29. The van der Waals surface area contributed by atoms with Gasteiger partial charge < -0.3 is 16.0 Å². The van der Waals surface area contributed by atoms with Crippen molar-refractivity contribution < 1.29 is 4.79 Å². The number of amides is 1. The van der Waals surface area contributed by atoms with Gasteiger partial charge in [-0.25, -0.2) is 0 Å². The molecule has 1 rings (SSSR count). The van der Waals surface area contributed by atoms with E-state index in [2.05, 4.69) is 17.3 Å². The van der Waals surface area contributed by atoms with Crippen molar-refractivity contribution in [1.82, 2.24) is 10.2 Å². The van der Waals surface area contributed by atoms with Gasteiger partial charge in [0, 0.05) is 12.6 Å². The highest BCUT2D eigenvalue weighted by Crippen LogP contribution is 2.07. The molecular formula is C10H21N3O. The van der Waals surface area contributed by atoms with Crippen LogP contribution >= 0.6 is 0 Å². The SMILES string of the molecule is CC(C)C(N)C(=O)N[C@H]1CCN(C)C1. The molecule has 14 heavy (non-hydrogen) atoms. The molecule has 0 saturated carbocycles. The Morgan fingerprint density at radius 3 is 2.64 bits per heavy atom. The summed E-state index contributed by atoms with van der Waals surface area (Å²) in [4.78, 5) is 13.8. The van der Waals surface area contributed by atoms with E-state index in [0.29, 0.717) is 0 Å². The van der Waals surface area contributed by atoms with E-state index in [1.165, 1.54) is 0 Å². The number of likely N-dealkylation sites (tertiary alicyclic amines) is 1. The second-order valence-corrected chi connectivity index (χ2v) is 4.53. The zero-order chi connectivity index (χ0) is 10.7. The highest BCUT2D eigenvalue weighted by Gasteiger charge is 2.24. The van der Waals surface area contributed by atoms with Crippen LogP contribution in [-0.4, -0.2) is 43.0 Å². The second-order valence-electron chi connectivity index (χ2n) is 4.53. The van der Waals surface area contributed by atoms with Crippen molar-refractivity contribution >= 4 is 5.91 Å². The van der Waals surface area contributed by atoms with Gasteiger partial charge in [-0.3, -0.25) is 4.79 Å². The molecule has 0 bridgehead atoms. The number of hydrogen-bond donors (Lipinski definition) is 2. The fraction of sp³-hybridized carbons (Fsp3) is 0.900. The van der Waals surface area contributed by atoms with Gasteiger partial charge in [0.25, 0.3) is 0 Å². The Kier molecular flexibility index (Phi) is 3.89. The first kappa shape index (κ1) is 11.5. The Bertz CT molecular complexity index is 206. The summed E-state index contributed by atoms with van der Waals surface area (Å²) < 4.78 is 0. The lowest BCUT2D eigenvalue weighted by atomic mass is 10.0. The molecule has 1 saturated heterocycles. The van der Waals surface area contributed by atoms with Crippen molar-refractivity contribution in [2.24, 2.45) is 11.7 Å². The molecule has 1 fully saturated rings. The minimum atomic E-state index is -0.374. The van der Waals surface area contributed by atoms with Crippen molar-refractivity contribution in [2.45, 2.75) is 32.4 Å². The second kappa shape index (κ2) is 4.75. The molecule has 0 aromatic heterocycles. The van der Waals surface area contributed by atoms with Crippen LogP contribution in [0.3, 0.4) is 0 Å². The van der Waals surface area contributed by atoms with E-state index in [-0.39, 0.29) is 23.9 Å². The summed E-state index contributed by atoms with van der Waals surface area (Å²) in [6, 6.07) is -0.0850. The van der Waals surface area contributed by atoms with Crippen molar-refractivity contribution in [3.8, 4) is 0 Å². The average Bonchev–Trinajstić information content (AvgIpc) is 2.49. The number of nitrogens with one attached hydrogen (secondary N) is 1. The number of carbonyl (C=O) groups is 1. The van der Waals surface area contributed by atoms with Gasteiger partial charge in [0.05, 0.1) is 6.04 Å². The van der Waals surface area contributed by atoms with Crippen LogP contribution in [0.4, 0.5) is 0 Å². The van der Waals surface area contributed by atoms with Gasteiger partial charge in [0.2, 0.25) is 5.91 Å². The van der Waals surface area contributed by atoms with Gasteiger partial charge in [0.1, 0.15) is 0 Å². The van der Waals surface area contributed by atoms with Gasteiger partial charge in [-0.15, -0.1) is 0 Å². The van der Waals surface area contributed by atoms with Crippen LogP contribution in [0.5, 0.6) is 0 Å². The van der Waals surface area contributed by atoms with Gasteiger partial charge in [-0.2, -0.15) is 0 Å².